The number of ether oxygens (including phenoxy) is 1. The zero-order valence-corrected chi connectivity index (χ0v) is 13.3. The number of para-hydroxylation sites is 1. The fourth-order valence-electron chi connectivity index (χ4n) is 2.03. The Kier molecular flexibility index (Phi) is 5.41. The summed E-state index contributed by atoms with van der Waals surface area (Å²) in [7, 11) is 0. The maximum absolute atomic E-state index is 12.3. The number of carbonyl (C=O) groups is 2. The third kappa shape index (κ3) is 4.65. The molecule has 0 saturated carbocycles. The summed E-state index contributed by atoms with van der Waals surface area (Å²) in [6.45, 7) is 6.59. The van der Waals surface area contributed by atoms with Crippen molar-refractivity contribution in [3.8, 4) is 5.75 Å². The van der Waals surface area contributed by atoms with Gasteiger partial charge in [0.25, 0.3) is 0 Å². The summed E-state index contributed by atoms with van der Waals surface area (Å²) in [4.78, 5) is 23.6. The molecule has 1 aromatic carbocycles. The lowest BCUT2D eigenvalue weighted by Gasteiger charge is -2.26. The Hall–Kier alpha value is -2.24. The molecule has 0 radical (unpaired) electrons. The number of phenolic OH excluding ortho intramolecular Hbond substituents is 1. The maximum Gasteiger partial charge on any atom is 0.310 e. The van der Waals surface area contributed by atoms with E-state index in [4.69, 9.17) is 10.5 Å². The number of anilines is 1. The highest BCUT2D eigenvalue weighted by Gasteiger charge is 2.34. The first-order valence-corrected chi connectivity index (χ1v) is 7.05. The molecular formula is C16H23NO5. The standard InChI is InChI=1S/C16H23NO5/c1-9(14(19)20)11(15(21)22-16(2,3)4)8-10-6-5-7-12(17)13(10)18/h5-7,9,11,18H,8,17H2,1-4H3,(H,19,20). The number of carboxylic acids is 1. The van der Waals surface area contributed by atoms with Gasteiger partial charge < -0.3 is 20.7 Å². The summed E-state index contributed by atoms with van der Waals surface area (Å²) in [5.41, 5.74) is 5.51. The van der Waals surface area contributed by atoms with E-state index in [0.717, 1.165) is 0 Å². The minimum atomic E-state index is -1.10. The number of aromatic hydroxyl groups is 1. The monoisotopic (exact) mass is 309 g/mol. The molecule has 0 aliphatic heterocycles. The lowest BCUT2D eigenvalue weighted by Crippen LogP contribution is -2.35. The van der Waals surface area contributed by atoms with Gasteiger partial charge in [0.2, 0.25) is 0 Å². The molecule has 0 aromatic heterocycles. The number of rotatable bonds is 5. The smallest absolute Gasteiger partial charge is 0.310 e. The van der Waals surface area contributed by atoms with Crippen molar-refractivity contribution in [2.45, 2.75) is 39.7 Å². The van der Waals surface area contributed by atoms with E-state index in [9.17, 15) is 19.8 Å². The van der Waals surface area contributed by atoms with Crippen LogP contribution < -0.4 is 5.73 Å². The van der Waals surface area contributed by atoms with Gasteiger partial charge in [0.1, 0.15) is 11.4 Å². The Labute approximate surface area is 129 Å². The summed E-state index contributed by atoms with van der Waals surface area (Å²) in [5, 5.41) is 19.2. The quantitative estimate of drug-likeness (QED) is 0.437. The van der Waals surface area contributed by atoms with Crippen LogP contribution in [0.15, 0.2) is 18.2 Å². The van der Waals surface area contributed by atoms with Crippen molar-refractivity contribution in [1.29, 1.82) is 0 Å². The number of benzene rings is 1. The van der Waals surface area contributed by atoms with Gasteiger partial charge >= 0.3 is 11.9 Å². The van der Waals surface area contributed by atoms with E-state index in [1.165, 1.54) is 13.0 Å². The average molecular weight is 309 g/mol. The first-order chi connectivity index (χ1) is 10.0. The zero-order chi connectivity index (χ0) is 17.1. The van der Waals surface area contributed by atoms with Crippen LogP contribution in [0, 0.1) is 11.8 Å². The van der Waals surface area contributed by atoms with E-state index in [2.05, 4.69) is 0 Å². The summed E-state index contributed by atoms with van der Waals surface area (Å²) in [6.07, 6.45) is 0.0409. The van der Waals surface area contributed by atoms with Crippen LogP contribution in [0.25, 0.3) is 0 Å². The molecule has 0 amide bonds. The van der Waals surface area contributed by atoms with Gasteiger partial charge in [-0.3, -0.25) is 9.59 Å². The maximum atomic E-state index is 12.3. The van der Waals surface area contributed by atoms with Crippen molar-refractivity contribution in [3.63, 3.8) is 0 Å². The Morgan fingerprint density at radius 3 is 2.41 bits per heavy atom. The van der Waals surface area contributed by atoms with Crippen LogP contribution in [0.1, 0.15) is 33.3 Å². The summed E-state index contributed by atoms with van der Waals surface area (Å²) < 4.78 is 5.30. The van der Waals surface area contributed by atoms with Gasteiger partial charge in [-0.25, -0.2) is 0 Å². The number of nitrogen functional groups attached to an aromatic ring is 1. The molecule has 0 heterocycles. The van der Waals surface area contributed by atoms with Crippen LogP contribution in [0.2, 0.25) is 0 Å². The minimum Gasteiger partial charge on any atom is -0.506 e. The molecule has 0 aliphatic rings. The van der Waals surface area contributed by atoms with Crippen molar-refractivity contribution in [2.24, 2.45) is 11.8 Å². The predicted molar refractivity (Wildman–Crippen MR) is 82.4 cm³/mol. The Morgan fingerprint density at radius 2 is 1.91 bits per heavy atom. The normalized spacial score (nSPS) is 14.2. The highest BCUT2D eigenvalue weighted by Crippen LogP contribution is 2.30. The molecule has 0 spiro atoms. The first-order valence-electron chi connectivity index (χ1n) is 7.05. The Morgan fingerprint density at radius 1 is 1.32 bits per heavy atom. The van der Waals surface area contributed by atoms with Gasteiger partial charge in [0.15, 0.2) is 0 Å². The molecule has 1 aromatic rings. The molecule has 0 fully saturated rings. The molecule has 2 atom stereocenters. The van der Waals surface area contributed by atoms with E-state index in [-0.39, 0.29) is 17.9 Å². The molecule has 2 unspecified atom stereocenters. The molecule has 6 heteroatoms. The van der Waals surface area contributed by atoms with Gasteiger partial charge in [-0.05, 0) is 38.8 Å². The summed E-state index contributed by atoms with van der Waals surface area (Å²) >= 11 is 0. The van der Waals surface area contributed by atoms with Gasteiger partial charge in [0.05, 0.1) is 17.5 Å². The lowest BCUT2D eigenvalue weighted by atomic mass is 9.87. The second kappa shape index (κ2) is 6.68. The van der Waals surface area contributed by atoms with Crippen LogP contribution >= 0.6 is 0 Å². The fourth-order valence-corrected chi connectivity index (χ4v) is 2.03. The van der Waals surface area contributed by atoms with Crippen LogP contribution in [-0.4, -0.2) is 27.8 Å². The number of aliphatic carboxylic acids is 1. The minimum absolute atomic E-state index is 0.0409. The van der Waals surface area contributed by atoms with Crippen LogP contribution in [0.5, 0.6) is 5.75 Å². The van der Waals surface area contributed by atoms with Crippen molar-refractivity contribution < 1.29 is 24.5 Å². The molecule has 0 bridgehead atoms. The van der Waals surface area contributed by atoms with Gasteiger partial charge in [-0.1, -0.05) is 19.1 Å². The number of esters is 1. The van der Waals surface area contributed by atoms with Crippen molar-refractivity contribution >= 4 is 17.6 Å². The molecular weight excluding hydrogens is 286 g/mol. The van der Waals surface area contributed by atoms with Crippen molar-refractivity contribution in [2.75, 3.05) is 5.73 Å². The Balaban J connectivity index is 3.08. The van der Waals surface area contributed by atoms with Gasteiger partial charge in [-0.15, -0.1) is 0 Å². The van der Waals surface area contributed by atoms with E-state index in [1.54, 1.807) is 32.9 Å². The highest BCUT2D eigenvalue weighted by molar-refractivity contribution is 5.81. The summed E-state index contributed by atoms with van der Waals surface area (Å²) in [6, 6.07) is 4.78. The molecule has 22 heavy (non-hydrogen) atoms. The Bertz CT molecular complexity index is 562. The molecule has 1 rings (SSSR count). The van der Waals surface area contributed by atoms with Crippen LogP contribution in [0.3, 0.4) is 0 Å². The van der Waals surface area contributed by atoms with E-state index in [1.807, 2.05) is 0 Å². The third-order valence-corrected chi connectivity index (χ3v) is 3.29. The summed E-state index contributed by atoms with van der Waals surface area (Å²) in [5.74, 6) is -3.70. The molecule has 6 nitrogen and oxygen atoms in total. The largest absolute Gasteiger partial charge is 0.506 e. The molecule has 4 N–H and O–H groups in total. The van der Waals surface area contributed by atoms with Gasteiger partial charge in [0, 0.05) is 0 Å². The number of hydrogen-bond donors (Lipinski definition) is 3. The van der Waals surface area contributed by atoms with Crippen LogP contribution in [0.4, 0.5) is 5.69 Å². The molecule has 122 valence electrons. The number of hydrogen-bond acceptors (Lipinski definition) is 5. The number of nitrogens with two attached hydrogens (primary N) is 1. The fraction of sp³-hybridized carbons (Fsp3) is 0.500. The number of phenols is 1. The van der Waals surface area contributed by atoms with E-state index in [0.29, 0.717) is 5.56 Å². The van der Waals surface area contributed by atoms with Crippen molar-refractivity contribution in [1.82, 2.24) is 0 Å². The topological polar surface area (TPSA) is 110 Å². The van der Waals surface area contributed by atoms with E-state index >= 15 is 0 Å². The lowest BCUT2D eigenvalue weighted by molar-refractivity contribution is -0.166. The van der Waals surface area contributed by atoms with E-state index < -0.39 is 29.4 Å². The van der Waals surface area contributed by atoms with Crippen molar-refractivity contribution in [3.05, 3.63) is 23.8 Å². The highest BCUT2D eigenvalue weighted by atomic mass is 16.6. The predicted octanol–water partition coefficient (Wildman–Crippen LogP) is 2.20. The number of carbonyl (C=O) groups excluding carboxylic acids is 1. The number of carboxylic acid groups (broad SMARTS) is 1. The third-order valence-electron chi connectivity index (χ3n) is 3.29. The average Bonchev–Trinajstić information content (AvgIpc) is 2.37. The second-order valence-corrected chi connectivity index (χ2v) is 6.33. The second-order valence-electron chi connectivity index (χ2n) is 6.33. The zero-order valence-electron chi connectivity index (χ0n) is 13.3. The SMILES string of the molecule is CC(C(=O)O)C(Cc1cccc(N)c1O)C(=O)OC(C)(C)C. The first kappa shape index (κ1) is 17.8. The van der Waals surface area contributed by atoms with Crippen LogP contribution in [-0.2, 0) is 20.7 Å². The molecule has 0 aliphatic carbocycles. The van der Waals surface area contributed by atoms with Gasteiger partial charge in [-0.2, -0.15) is 0 Å². The molecule has 0 saturated heterocycles.